The minimum atomic E-state index is -0.348. The first-order valence-corrected chi connectivity index (χ1v) is 6.81. The molecule has 0 fully saturated rings. The summed E-state index contributed by atoms with van der Waals surface area (Å²) in [5.74, 6) is -0.0626. The quantitative estimate of drug-likeness (QED) is 0.881. The third-order valence-electron chi connectivity index (χ3n) is 3.04. The van der Waals surface area contributed by atoms with Crippen LogP contribution < -0.4 is 10.1 Å². The molecule has 0 amide bonds. The fourth-order valence-electron chi connectivity index (χ4n) is 2.11. The van der Waals surface area contributed by atoms with Gasteiger partial charge in [-0.25, -0.2) is 4.39 Å². The number of nitrogens with zero attached hydrogens (tertiary/aromatic N) is 2. The van der Waals surface area contributed by atoms with Gasteiger partial charge in [0.05, 0.1) is 12.3 Å². The SMILES string of the molecule is CCOc1ccc(NCc2cn(C)nc2CC)cc1F. The number of hydrogen-bond acceptors (Lipinski definition) is 3. The second-order valence-electron chi connectivity index (χ2n) is 4.56. The average molecular weight is 277 g/mol. The van der Waals surface area contributed by atoms with Crippen LogP contribution in [0, 0.1) is 5.82 Å². The van der Waals surface area contributed by atoms with Gasteiger partial charge >= 0.3 is 0 Å². The molecule has 0 spiro atoms. The molecule has 0 aliphatic carbocycles. The Labute approximate surface area is 118 Å². The van der Waals surface area contributed by atoms with E-state index in [1.807, 2.05) is 26.2 Å². The van der Waals surface area contributed by atoms with Crippen LogP contribution in [0.3, 0.4) is 0 Å². The maximum atomic E-state index is 13.7. The number of nitrogens with one attached hydrogen (secondary N) is 1. The van der Waals surface area contributed by atoms with Gasteiger partial charge in [-0.1, -0.05) is 6.92 Å². The molecule has 4 nitrogen and oxygen atoms in total. The molecule has 1 heterocycles. The van der Waals surface area contributed by atoms with Crippen molar-refractivity contribution >= 4 is 5.69 Å². The Morgan fingerprint density at radius 2 is 2.15 bits per heavy atom. The van der Waals surface area contributed by atoms with Crippen LogP contribution in [0.4, 0.5) is 10.1 Å². The maximum Gasteiger partial charge on any atom is 0.167 e. The standard InChI is InChI=1S/C15H20FN3O/c1-4-14-11(10-19(3)18-14)9-17-12-6-7-15(20-5-2)13(16)8-12/h6-8,10,17H,4-5,9H2,1-3H3. The topological polar surface area (TPSA) is 39.1 Å². The summed E-state index contributed by atoms with van der Waals surface area (Å²) in [6, 6.07) is 4.91. The predicted molar refractivity (Wildman–Crippen MR) is 77.5 cm³/mol. The van der Waals surface area contributed by atoms with Gasteiger partial charge < -0.3 is 10.1 Å². The van der Waals surface area contributed by atoms with E-state index >= 15 is 0 Å². The van der Waals surface area contributed by atoms with Crippen molar-refractivity contribution in [3.8, 4) is 5.75 Å². The third kappa shape index (κ3) is 3.29. The molecule has 20 heavy (non-hydrogen) atoms. The van der Waals surface area contributed by atoms with Crippen LogP contribution in [0.2, 0.25) is 0 Å². The highest BCUT2D eigenvalue weighted by atomic mass is 19.1. The van der Waals surface area contributed by atoms with E-state index < -0.39 is 0 Å². The Bertz CT molecular complexity index is 580. The second-order valence-corrected chi connectivity index (χ2v) is 4.56. The van der Waals surface area contributed by atoms with Gasteiger partial charge in [-0.05, 0) is 25.5 Å². The Morgan fingerprint density at radius 3 is 2.80 bits per heavy atom. The Balaban J connectivity index is 2.05. The molecular formula is C15H20FN3O. The van der Waals surface area contributed by atoms with E-state index in [-0.39, 0.29) is 11.6 Å². The molecule has 0 atom stereocenters. The highest BCUT2D eigenvalue weighted by molar-refractivity contribution is 5.47. The molecule has 2 aromatic rings. The first kappa shape index (κ1) is 14.4. The van der Waals surface area contributed by atoms with Crippen LogP contribution in [0.1, 0.15) is 25.1 Å². The van der Waals surface area contributed by atoms with E-state index in [0.29, 0.717) is 13.2 Å². The van der Waals surface area contributed by atoms with Gasteiger partial charge in [0.2, 0.25) is 0 Å². The number of halogens is 1. The van der Waals surface area contributed by atoms with Crippen molar-refractivity contribution in [3.63, 3.8) is 0 Å². The van der Waals surface area contributed by atoms with Crippen molar-refractivity contribution < 1.29 is 9.13 Å². The highest BCUT2D eigenvalue weighted by Gasteiger charge is 2.07. The largest absolute Gasteiger partial charge is 0.491 e. The number of rotatable bonds is 6. The summed E-state index contributed by atoms with van der Waals surface area (Å²) in [5, 5.41) is 7.59. The highest BCUT2D eigenvalue weighted by Crippen LogP contribution is 2.21. The van der Waals surface area contributed by atoms with Crippen LogP contribution in [0.5, 0.6) is 5.75 Å². The van der Waals surface area contributed by atoms with Crippen molar-refractivity contribution in [2.24, 2.45) is 7.05 Å². The molecule has 1 aromatic carbocycles. The van der Waals surface area contributed by atoms with Crippen molar-refractivity contribution in [3.05, 3.63) is 41.5 Å². The maximum absolute atomic E-state index is 13.7. The zero-order valence-electron chi connectivity index (χ0n) is 12.1. The Hall–Kier alpha value is -2.04. The van der Waals surface area contributed by atoms with Gasteiger partial charge in [-0.2, -0.15) is 5.10 Å². The molecule has 0 aliphatic heterocycles. The number of anilines is 1. The molecule has 2 rings (SSSR count). The molecule has 0 bridgehead atoms. The predicted octanol–water partition coefficient (Wildman–Crippen LogP) is 3.13. The van der Waals surface area contributed by atoms with Crippen LogP contribution in [-0.2, 0) is 20.0 Å². The van der Waals surface area contributed by atoms with Crippen molar-refractivity contribution in [1.82, 2.24) is 9.78 Å². The first-order chi connectivity index (χ1) is 9.63. The van der Waals surface area contributed by atoms with Gasteiger partial charge in [-0.3, -0.25) is 4.68 Å². The number of hydrogen-bond donors (Lipinski definition) is 1. The molecule has 1 N–H and O–H groups in total. The van der Waals surface area contributed by atoms with Crippen LogP contribution in [0.15, 0.2) is 24.4 Å². The monoisotopic (exact) mass is 277 g/mol. The van der Waals surface area contributed by atoms with Gasteiger partial charge in [-0.15, -0.1) is 0 Å². The van der Waals surface area contributed by atoms with E-state index in [9.17, 15) is 4.39 Å². The van der Waals surface area contributed by atoms with Crippen molar-refractivity contribution in [2.75, 3.05) is 11.9 Å². The Morgan fingerprint density at radius 1 is 1.35 bits per heavy atom. The van der Waals surface area contributed by atoms with Crippen LogP contribution >= 0.6 is 0 Å². The van der Waals surface area contributed by atoms with E-state index in [0.717, 1.165) is 23.4 Å². The lowest BCUT2D eigenvalue weighted by atomic mass is 10.2. The van der Waals surface area contributed by atoms with Gasteiger partial charge in [0.15, 0.2) is 11.6 Å². The van der Waals surface area contributed by atoms with E-state index in [4.69, 9.17) is 4.74 Å². The minimum absolute atomic E-state index is 0.286. The van der Waals surface area contributed by atoms with Gasteiger partial charge in [0.25, 0.3) is 0 Å². The summed E-state index contributed by atoms with van der Waals surface area (Å²) in [6.07, 6.45) is 2.87. The molecule has 0 unspecified atom stereocenters. The number of ether oxygens (including phenoxy) is 1. The molecular weight excluding hydrogens is 257 g/mol. The lowest BCUT2D eigenvalue weighted by molar-refractivity contribution is 0.321. The number of benzene rings is 1. The summed E-state index contributed by atoms with van der Waals surface area (Å²) < 4.78 is 20.7. The summed E-state index contributed by atoms with van der Waals surface area (Å²) in [4.78, 5) is 0. The van der Waals surface area contributed by atoms with Gasteiger partial charge in [0.1, 0.15) is 0 Å². The molecule has 1 aromatic heterocycles. The van der Waals surface area contributed by atoms with Crippen LogP contribution in [0.25, 0.3) is 0 Å². The summed E-state index contributed by atoms with van der Waals surface area (Å²) >= 11 is 0. The Kier molecular flexibility index (Phi) is 4.61. The summed E-state index contributed by atoms with van der Waals surface area (Å²) in [5.41, 5.74) is 2.92. The minimum Gasteiger partial charge on any atom is -0.491 e. The second kappa shape index (κ2) is 6.41. The lowest BCUT2D eigenvalue weighted by Crippen LogP contribution is -2.02. The molecule has 0 saturated carbocycles. The zero-order chi connectivity index (χ0) is 14.5. The average Bonchev–Trinajstić information content (AvgIpc) is 2.79. The smallest absolute Gasteiger partial charge is 0.167 e. The first-order valence-electron chi connectivity index (χ1n) is 6.81. The molecule has 0 aliphatic rings. The van der Waals surface area contributed by atoms with E-state index in [2.05, 4.69) is 17.3 Å². The fourth-order valence-corrected chi connectivity index (χ4v) is 2.11. The summed E-state index contributed by atoms with van der Waals surface area (Å²) in [6.45, 7) is 4.99. The number of aromatic nitrogens is 2. The third-order valence-corrected chi connectivity index (χ3v) is 3.04. The van der Waals surface area contributed by atoms with Crippen LogP contribution in [-0.4, -0.2) is 16.4 Å². The molecule has 5 heteroatoms. The fraction of sp³-hybridized carbons (Fsp3) is 0.400. The number of aryl methyl sites for hydroxylation is 2. The molecule has 0 radical (unpaired) electrons. The van der Waals surface area contributed by atoms with E-state index in [1.54, 1.807) is 10.7 Å². The molecule has 0 saturated heterocycles. The molecule has 108 valence electrons. The van der Waals surface area contributed by atoms with E-state index in [1.165, 1.54) is 6.07 Å². The zero-order valence-corrected chi connectivity index (χ0v) is 12.1. The van der Waals surface area contributed by atoms with Crippen molar-refractivity contribution in [1.29, 1.82) is 0 Å². The normalized spacial score (nSPS) is 10.6. The van der Waals surface area contributed by atoms with Gasteiger partial charge in [0, 0.05) is 37.1 Å². The summed E-state index contributed by atoms with van der Waals surface area (Å²) in [7, 11) is 1.90. The van der Waals surface area contributed by atoms with Crippen molar-refractivity contribution in [2.45, 2.75) is 26.8 Å². The lowest BCUT2D eigenvalue weighted by Gasteiger charge is -2.09.